The average Bonchev–Trinajstić information content (AvgIpc) is 3.16. The van der Waals surface area contributed by atoms with Crippen LogP contribution in [0.5, 0.6) is 0 Å². The van der Waals surface area contributed by atoms with Crippen LogP contribution >= 0.6 is 0 Å². The van der Waals surface area contributed by atoms with E-state index < -0.39 is 5.41 Å². The van der Waals surface area contributed by atoms with Crippen molar-refractivity contribution in [3.63, 3.8) is 0 Å². The number of rotatable bonds is 9. The summed E-state index contributed by atoms with van der Waals surface area (Å²) in [6, 6.07) is 0.267. The highest BCUT2D eigenvalue weighted by molar-refractivity contribution is 5.99. The second-order valence-electron chi connectivity index (χ2n) is 11.7. The Morgan fingerprint density at radius 1 is 1.26 bits per heavy atom. The first-order valence-corrected chi connectivity index (χ1v) is 12.8. The Bertz CT molecular complexity index is 934. The zero-order chi connectivity index (χ0) is 24.7. The second-order valence-corrected chi connectivity index (χ2v) is 11.7. The average molecular weight is 472 g/mol. The molecule has 1 heterocycles. The number of carbonyl (C=O) groups is 2. The molecule has 2 amide bonds. The second kappa shape index (κ2) is 9.36. The van der Waals surface area contributed by atoms with Crippen LogP contribution in [-0.4, -0.2) is 51.9 Å². The SMILES string of the molecule is CCNC(=O)C(C)(C)/C=C/n1ncc(C(=O)NC2C3CC4CC2CC(CO)(C4)C3)c1NC(C)C. The molecule has 0 aromatic carbocycles. The Hall–Kier alpha value is -2.35. The number of aliphatic hydroxyl groups is 1. The fraction of sp³-hybridized carbons (Fsp3) is 0.731. The van der Waals surface area contributed by atoms with E-state index in [2.05, 4.69) is 21.0 Å². The molecule has 1 aromatic rings. The molecule has 8 heteroatoms. The van der Waals surface area contributed by atoms with Crippen molar-refractivity contribution in [2.24, 2.45) is 28.6 Å². The molecule has 4 aliphatic rings. The topological polar surface area (TPSA) is 108 Å². The molecule has 4 fully saturated rings. The summed E-state index contributed by atoms with van der Waals surface area (Å²) < 4.78 is 1.65. The van der Waals surface area contributed by atoms with Crippen molar-refractivity contribution in [1.29, 1.82) is 0 Å². The Labute approximate surface area is 202 Å². The molecule has 1 aromatic heterocycles. The van der Waals surface area contributed by atoms with Gasteiger partial charge < -0.3 is 21.1 Å². The maximum absolute atomic E-state index is 13.5. The lowest BCUT2D eigenvalue weighted by Gasteiger charge is -2.59. The van der Waals surface area contributed by atoms with Crippen LogP contribution in [0.2, 0.25) is 0 Å². The van der Waals surface area contributed by atoms with Crippen molar-refractivity contribution in [1.82, 2.24) is 20.4 Å². The van der Waals surface area contributed by atoms with Gasteiger partial charge in [0.25, 0.3) is 5.91 Å². The van der Waals surface area contributed by atoms with E-state index in [4.69, 9.17) is 0 Å². The predicted octanol–water partition coefficient (Wildman–Crippen LogP) is 3.25. The van der Waals surface area contributed by atoms with Gasteiger partial charge in [-0.3, -0.25) is 9.59 Å². The largest absolute Gasteiger partial charge is 0.396 e. The van der Waals surface area contributed by atoms with Gasteiger partial charge in [-0.05, 0) is 89.9 Å². The van der Waals surface area contributed by atoms with Crippen molar-refractivity contribution < 1.29 is 14.7 Å². The number of amides is 2. The quantitative estimate of drug-likeness (QED) is 0.442. The first kappa shape index (κ1) is 24.8. The number of nitrogens with one attached hydrogen (secondary N) is 3. The number of hydrogen-bond donors (Lipinski definition) is 4. The standard InChI is InChI=1S/C26H41N5O3/c1-6-27-24(34)25(4,5)7-8-31-22(29-16(2)3)20(14-28-31)23(33)30-21-18-9-17-10-19(21)13-26(11-17,12-18)15-32/h7-8,14,16-19,21,29,32H,6,9-13,15H2,1-5H3,(H,27,34)(H,30,33)/b8-7+. The van der Waals surface area contributed by atoms with Crippen LogP contribution < -0.4 is 16.0 Å². The van der Waals surface area contributed by atoms with Crippen LogP contribution in [0, 0.1) is 28.6 Å². The summed E-state index contributed by atoms with van der Waals surface area (Å²) in [4.78, 5) is 25.8. The van der Waals surface area contributed by atoms with Crippen molar-refractivity contribution >= 4 is 23.8 Å². The fourth-order valence-electron chi connectivity index (χ4n) is 6.63. The Morgan fingerprint density at radius 3 is 2.53 bits per heavy atom. The van der Waals surface area contributed by atoms with Gasteiger partial charge in [0.1, 0.15) is 11.4 Å². The van der Waals surface area contributed by atoms with Gasteiger partial charge in [-0.15, -0.1) is 0 Å². The maximum Gasteiger partial charge on any atom is 0.256 e. The van der Waals surface area contributed by atoms with Gasteiger partial charge in [0, 0.05) is 31.4 Å². The van der Waals surface area contributed by atoms with Gasteiger partial charge in [0.05, 0.1) is 11.6 Å². The predicted molar refractivity (Wildman–Crippen MR) is 133 cm³/mol. The monoisotopic (exact) mass is 471 g/mol. The first-order chi connectivity index (χ1) is 16.1. The third kappa shape index (κ3) is 4.74. The van der Waals surface area contributed by atoms with Gasteiger partial charge in [-0.25, -0.2) is 4.68 Å². The van der Waals surface area contributed by atoms with Crippen molar-refractivity contribution in [3.05, 3.63) is 17.8 Å². The van der Waals surface area contributed by atoms with E-state index in [1.165, 1.54) is 0 Å². The highest BCUT2D eigenvalue weighted by Crippen LogP contribution is 2.59. The van der Waals surface area contributed by atoms with Crippen molar-refractivity contribution in [2.75, 3.05) is 18.5 Å². The minimum atomic E-state index is -0.706. The Balaban J connectivity index is 1.53. The Kier molecular flexibility index (Phi) is 6.82. The summed E-state index contributed by atoms with van der Waals surface area (Å²) in [6.45, 7) is 10.5. The van der Waals surface area contributed by atoms with E-state index in [0.29, 0.717) is 35.7 Å². The van der Waals surface area contributed by atoms with E-state index in [9.17, 15) is 14.7 Å². The van der Waals surface area contributed by atoms with Crippen molar-refractivity contribution in [2.45, 2.75) is 78.8 Å². The lowest BCUT2D eigenvalue weighted by molar-refractivity contribution is -0.126. The molecule has 0 saturated heterocycles. The smallest absolute Gasteiger partial charge is 0.256 e. The lowest BCUT2D eigenvalue weighted by Crippen LogP contribution is -2.60. The van der Waals surface area contributed by atoms with Crippen LogP contribution in [0.25, 0.3) is 6.20 Å². The van der Waals surface area contributed by atoms with Crippen LogP contribution in [0.3, 0.4) is 0 Å². The van der Waals surface area contributed by atoms with Gasteiger partial charge in [0.15, 0.2) is 0 Å². The molecular weight excluding hydrogens is 430 g/mol. The first-order valence-electron chi connectivity index (χ1n) is 12.8. The van der Waals surface area contributed by atoms with Gasteiger partial charge in [-0.2, -0.15) is 5.10 Å². The summed E-state index contributed by atoms with van der Waals surface area (Å²) in [5.41, 5.74) is -0.114. The molecule has 0 radical (unpaired) electrons. The summed E-state index contributed by atoms with van der Waals surface area (Å²) in [7, 11) is 0. The number of hydrogen-bond acceptors (Lipinski definition) is 5. The summed E-state index contributed by atoms with van der Waals surface area (Å²) in [5, 5.41) is 24.1. The zero-order valence-corrected chi connectivity index (χ0v) is 21.2. The molecule has 2 unspecified atom stereocenters. The third-order valence-corrected chi connectivity index (χ3v) is 8.05. The maximum atomic E-state index is 13.5. The number of carbonyl (C=O) groups excluding carboxylic acids is 2. The molecule has 0 spiro atoms. The molecule has 4 bridgehead atoms. The minimum Gasteiger partial charge on any atom is -0.396 e. The minimum absolute atomic E-state index is 0.0581. The molecule has 4 N–H and O–H groups in total. The van der Waals surface area contributed by atoms with Crippen molar-refractivity contribution in [3.8, 4) is 0 Å². The number of anilines is 1. The molecule has 34 heavy (non-hydrogen) atoms. The van der Waals surface area contributed by atoms with E-state index in [1.54, 1.807) is 17.1 Å². The number of aromatic nitrogens is 2. The van der Waals surface area contributed by atoms with Gasteiger partial charge in [-0.1, -0.05) is 6.08 Å². The van der Waals surface area contributed by atoms with E-state index >= 15 is 0 Å². The summed E-state index contributed by atoms with van der Waals surface area (Å²) in [5.74, 6) is 2.04. The molecule has 2 atom stereocenters. The zero-order valence-electron chi connectivity index (χ0n) is 21.2. The Morgan fingerprint density at radius 2 is 1.94 bits per heavy atom. The van der Waals surface area contributed by atoms with Crippen LogP contribution in [0.15, 0.2) is 12.3 Å². The van der Waals surface area contributed by atoms with E-state index in [1.807, 2.05) is 40.7 Å². The molecule has 5 rings (SSSR count). The summed E-state index contributed by atoms with van der Waals surface area (Å²) in [6.07, 6.45) is 10.6. The number of nitrogens with zero attached hydrogens (tertiary/aromatic N) is 2. The van der Waals surface area contributed by atoms with Crippen LogP contribution in [-0.2, 0) is 4.79 Å². The molecule has 8 nitrogen and oxygen atoms in total. The highest BCUT2D eigenvalue weighted by atomic mass is 16.3. The van der Waals surface area contributed by atoms with Gasteiger partial charge >= 0.3 is 0 Å². The highest BCUT2D eigenvalue weighted by Gasteiger charge is 2.55. The molecule has 4 saturated carbocycles. The van der Waals surface area contributed by atoms with E-state index in [0.717, 1.165) is 32.1 Å². The van der Waals surface area contributed by atoms with Gasteiger partial charge in [0.2, 0.25) is 5.91 Å². The third-order valence-electron chi connectivity index (χ3n) is 8.05. The molecule has 188 valence electrons. The lowest BCUT2D eigenvalue weighted by atomic mass is 9.48. The normalized spacial score (nSPS) is 30.2. The fourth-order valence-corrected chi connectivity index (χ4v) is 6.63. The molecular formula is C26H41N5O3. The summed E-state index contributed by atoms with van der Waals surface area (Å²) >= 11 is 0. The van der Waals surface area contributed by atoms with Crippen LogP contribution in [0.1, 0.15) is 77.1 Å². The van der Waals surface area contributed by atoms with E-state index in [-0.39, 0.29) is 35.9 Å². The van der Waals surface area contributed by atoms with Crippen LogP contribution in [0.4, 0.5) is 5.82 Å². The molecule has 4 aliphatic carbocycles. The number of aliphatic hydroxyl groups excluding tert-OH is 1. The molecule has 0 aliphatic heterocycles.